The van der Waals surface area contributed by atoms with E-state index in [0.29, 0.717) is 16.3 Å². The summed E-state index contributed by atoms with van der Waals surface area (Å²) in [6, 6.07) is 9.46. The van der Waals surface area contributed by atoms with Crippen LogP contribution in [0, 0.1) is 13.8 Å². The lowest BCUT2D eigenvalue weighted by Crippen LogP contribution is -2.15. The van der Waals surface area contributed by atoms with Gasteiger partial charge in [0.05, 0.1) is 23.4 Å². The maximum atomic E-state index is 13.0. The molecule has 0 atom stereocenters. The number of rotatable bonds is 7. The van der Waals surface area contributed by atoms with Crippen molar-refractivity contribution in [2.24, 2.45) is 4.99 Å². The van der Waals surface area contributed by atoms with Crippen LogP contribution < -0.4 is 4.18 Å². The number of aliphatic hydroxyl groups excluding tert-OH is 1. The SMILES string of the molecule is Cc1ccc(S(=O)(=O)Oc2c(C(=O)/C(C=NC3CC3)=C/O)ccc(Br)c2C)cc1. The molecule has 152 valence electrons. The number of benzene rings is 2. The zero-order valence-corrected chi connectivity index (χ0v) is 18.3. The van der Waals surface area contributed by atoms with E-state index in [0.717, 1.165) is 18.4 Å². The molecule has 0 aliphatic heterocycles. The molecule has 29 heavy (non-hydrogen) atoms. The van der Waals surface area contributed by atoms with Crippen LogP contribution in [-0.4, -0.2) is 31.6 Å². The quantitative estimate of drug-likeness (QED) is 0.205. The van der Waals surface area contributed by atoms with Gasteiger partial charge >= 0.3 is 10.1 Å². The molecule has 1 N–H and O–H groups in total. The van der Waals surface area contributed by atoms with Gasteiger partial charge in [-0.1, -0.05) is 33.6 Å². The van der Waals surface area contributed by atoms with Crippen molar-refractivity contribution in [3.05, 3.63) is 69.4 Å². The Kier molecular flexibility index (Phi) is 6.24. The highest BCUT2D eigenvalue weighted by Gasteiger charge is 2.26. The summed E-state index contributed by atoms with van der Waals surface area (Å²) in [5, 5.41) is 9.50. The molecule has 0 radical (unpaired) electrons. The number of aliphatic hydroxyl groups is 1. The van der Waals surface area contributed by atoms with Gasteiger partial charge in [-0.05, 0) is 51.0 Å². The lowest BCUT2D eigenvalue weighted by molar-refractivity contribution is 0.103. The zero-order chi connectivity index (χ0) is 21.2. The smallest absolute Gasteiger partial charge is 0.339 e. The Balaban J connectivity index is 2.01. The predicted molar refractivity (Wildman–Crippen MR) is 114 cm³/mol. The molecule has 0 unspecified atom stereocenters. The van der Waals surface area contributed by atoms with Gasteiger partial charge in [0.1, 0.15) is 4.90 Å². The van der Waals surface area contributed by atoms with E-state index in [-0.39, 0.29) is 27.8 Å². The van der Waals surface area contributed by atoms with E-state index in [2.05, 4.69) is 20.9 Å². The van der Waals surface area contributed by atoms with Crippen molar-refractivity contribution in [1.82, 2.24) is 0 Å². The number of hydrogen-bond acceptors (Lipinski definition) is 6. The van der Waals surface area contributed by atoms with Crippen molar-refractivity contribution in [1.29, 1.82) is 0 Å². The second kappa shape index (κ2) is 8.51. The third-order valence-electron chi connectivity index (χ3n) is 4.46. The lowest BCUT2D eigenvalue weighted by Gasteiger charge is -2.15. The molecule has 2 aromatic rings. The standard InChI is InChI=1S/C21H20BrNO5S/c1-13-3-7-17(8-4-13)29(26,27)28-21-14(2)19(22)10-9-18(21)20(25)15(12-24)11-23-16-5-6-16/h3-4,7-12,16,24H,5-6H2,1-2H3/b15-12+,23-11?. The van der Waals surface area contributed by atoms with Crippen LogP contribution in [0.15, 0.2) is 62.6 Å². The van der Waals surface area contributed by atoms with Crippen LogP contribution in [0.4, 0.5) is 0 Å². The largest absolute Gasteiger partial charge is 0.515 e. The molecule has 0 heterocycles. The molecule has 8 heteroatoms. The number of carbonyl (C=O) groups is 1. The fraction of sp³-hybridized carbons (Fsp3) is 0.238. The van der Waals surface area contributed by atoms with Gasteiger partial charge in [0.2, 0.25) is 5.78 Å². The number of aryl methyl sites for hydroxylation is 1. The van der Waals surface area contributed by atoms with E-state index in [9.17, 15) is 18.3 Å². The van der Waals surface area contributed by atoms with Gasteiger partial charge in [-0.2, -0.15) is 8.42 Å². The van der Waals surface area contributed by atoms with Crippen LogP contribution >= 0.6 is 15.9 Å². The molecule has 6 nitrogen and oxygen atoms in total. The van der Waals surface area contributed by atoms with Gasteiger partial charge < -0.3 is 9.29 Å². The average molecular weight is 478 g/mol. The van der Waals surface area contributed by atoms with Crippen molar-refractivity contribution in [2.45, 2.75) is 37.6 Å². The molecular weight excluding hydrogens is 458 g/mol. The molecule has 0 aromatic heterocycles. The number of allylic oxidation sites excluding steroid dienone is 1. The second-order valence-corrected chi connectivity index (χ2v) is 9.22. The Morgan fingerprint density at radius 1 is 1.17 bits per heavy atom. The summed E-state index contributed by atoms with van der Waals surface area (Å²) in [6.45, 7) is 3.49. The van der Waals surface area contributed by atoms with Gasteiger partial charge in [-0.25, -0.2) is 0 Å². The highest BCUT2D eigenvalue weighted by Crippen LogP contribution is 2.34. The molecule has 1 aliphatic rings. The minimum Gasteiger partial charge on any atom is -0.515 e. The summed E-state index contributed by atoms with van der Waals surface area (Å²) in [6.07, 6.45) is 3.88. The number of hydrogen-bond donors (Lipinski definition) is 1. The summed E-state index contributed by atoms with van der Waals surface area (Å²) in [7, 11) is -4.16. The van der Waals surface area contributed by atoms with E-state index < -0.39 is 15.9 Å². The topological polar surface area (TPSA) is 93.0 Å². The first-order valence-electron chi connectivity index (χ1n) is 8.95. The minimum atomic E-state index is -4.16. The van der Waals surface area contributed by atoms with E-state index >= 15 is 0 Å². The van der Waals surface area contributed by atoms with Gasteiger partial charge in [0.15, 0.2) is 5.75 Å². The number of aliphatic imine (C=N–C) groups is 1. The first-order valence-corrected chi connectivity index (χ1v) is 11.2. The Morgan fingerprint density at radius 3 is 2.41 bits per heavy atom. The molecule has 1 saturated carbocycles. The minimum absolute atomic E-state index is 0.0175. The van der Waals surface area contributed by atoms with E-state index in [1.807, 2.05) is 6.92 Å². The van der Waals surface area contributed by atoms with Crippen LogP contribution in [0.5, 0.6) is 5.75 Å². The highest BCUT2D eigenvalue weighted by molar-refractivity contribution is 9.10. The molecule has 2 aromatic carbocycles. The molecule has 0 bridgehead atoms. The average Bonchev–Trinajstić information content (AvgIpc) is 3.50. The molecule has 0 amide bonds. The third kappa shape index (κ3) is 4.94. The van der Waals surface area contributed by atoms with Crippen LogP contribution in [0.2, 0.25) is 0 Å². The Hall–Kier alpha value is -2.45. The van der Waals surface area contributed by atoms with Crippen molar-refractivity contribution in [2.75, 3.05) is 0 Å². The van der Waals surface area contributed by atoms with Gasteiger partial charge in [-0.3, -0.25) is 9.79 Å². The number of Topliss-reactive ketones (excluding diaryl/α,β-unsaturated/α-hetero) is 1. The Bertz CT molecular complexity index is 1100. The monoisotopic (exact) mass is 477 g/mol. The summed E-state index contributed by atoms with van der Waals surface area (Å²) >= 11 is 3.34. The van der Waals surface area contributed by atoms with Crippen LogP contribution in [0.3, 0.4) is 0 Å². The number of carbonyl (C=O) groups excluding carboxylic acids is 1. The lowest BCUT2D eigenvalue weighted by atomic mass is 10.0. The summed E-state index contributed by atoms with van der Waals surface area (Å²) in [5.74, 6) is -0.675. The van der Waals surface area contributed by atoms with Crippen LogP contribution in [0.25, 0.3) is 0 Å². The molecule has 0 saturated heterocycles. The molecule has 1 aliphatic carbocycles. The van der Waals surface area contributed by atoms with Crippen LogP contribution in [0.1, 0.15) is 34.3 Å². The van der Waals surface area contributed by atoms with Crippen molar-refractivity contribution in [3.8, 4) is 5.75 Å². The number of halogens is 1. The number of nitrogens with zero attached hydrogens (tertiary/aromatic N) is 1. The van der Waals surface area contributed by atoms with Crippen molar-refractivity contribution >= 4 is 38.0 Å². The summed E-state index contributed by atoms with van der Waals surface area (Å²) in [4.78, 5) is 17.1. The maximum Gasteiger partial charge on any atom is 0.339 e. The fourth-order valence-corrected chi connectivity index (χ4v) is 3.84. The highest BCUT2D eigenvalue weighted by atomic mass is 79.9. The molecular formula is C21H20BrNO5S. The molecule has 3 rings (SSSR count). The van der Waals surface area contributed by atoms with Crippen molar-refractivity contribution in [3.63, 3.8) is 0 Å². The first-order chi connectivity index (χ1) is 13.7. The van der Waals surface area contributed by atoms with E-state index in [1.54, 1.807) is 25.1 Å². The Morgan fingerprint density at radius 2 is 1.83 bits per heavy atom. The normalized spacial score (nSPS) is 14.9. The summed E-state index contributed by atoms with van der Waals surface area (Å²) < 4.78 is 31.5. The zero-order valence-electron chi connectivity index (χ0n) is 15.9. The first kappa shape index (κ1) is 21.3. The van der Waals surface area contributed by atoms with Crippen molar-refractivity contribution < 1.29 is 22.5 Å². The van der Waals surface area contributed by atoms with E-state index in [1.165, 1.54) is 24.4 Å². The molecule has 0 spiro atoms. The van der Waals surface area contributed by atoms with E-state index in [4.69, 9.17) is 4.18 Å². The van der Waals surface area contributed by atoms with Gasteiger partial charge in [0, 0.05) is 16.3 Å². The third-order valence-corrected chi connectivity index (χ3v) is 6.55. The maximum absolute atomic E-state index is 13.0. The van der Waals surface area contributed by atoms with Crippen LogP contribution in [-0.2, 0) is 10.1 Å². The predicted octanol–water partition coefficient (Wildman–Crippen LogP) is 4.69. The fourth-order valence-electron chi connectivity index (χ4n) is 2.53. The van der Waals surface area contributed by atoms with Gasteiger partial charge in [-0.15, -0.1) is 0 Å². The number of ketones is 1. The molecule has 1 fully saturated rings. The Labute approximate surface area is 178 Å². The second-order valence-electron chi connectivity index (χ2n) is 6.82. The van der Waals surface area contributed by atoms with Gasteiger partial charge in [0.25, 0.3) is 0 Å². The summed E-state index contributed by atoms with van der Waals surface area (Å²) in [5.41, 5.74) is 1.33.